The van der Waals surface area contributed by atoms with Crippen molar-refractivity contribution in [2.75, 3.05) is 49.0 Å². The third-order valence-electron chi connectivity index (χ3n) is 12.4. The van der Waals surface area contributed by atoms with Crippen LogP contribution in [-0.4, -0.2) is 152 Å². The van der Waals surface area contributed by atoms with Gasteiger partial charge in [0.1, 0.15) is 18.0 Å². The van der Waals surface area contributed by atoms with Crippen LogP contribution in [0.4, 0.5) is 4.79 Å². The first-order valence-corrected chi connectivity index (χ1v) is 18.7. The Morgan fingerprint density at radius 1 is 1.00 bits per heavy atom. The van der Waals surface area contributed by atoms with Gasteiger partial charge in [-0.3, -0.25) is 14.5 Å². The molecule has 13 nitrogen and oxygen atoms in total. The van der Waals surface area contributed by atoms with Crippen molar-refractivity contribution in [1.29, 1.82) is 0 Å². The number of ether oxygens (including phenoxy) is 6. The summed E-state index contributed by atoms with van der Waals surface area (Å²) in [5.41, 5.74) is -2.94. The molecule has 0 radical (unpaired) electrons. The zero-order valence-electron chi connectivity index (χ0n) is 34.2. The van der Waals surface area contributed by atoms with Crippen molar-refractivity contribution in [3.05, 3.63) is 0 Å². The molecule has 1 N–H and O–H groups in total. The summed E-state index contributed by atoms with van der Waals surface area (Å²) < 4.78 is 37.8. The highest BCUT2D eigenvalue weighted by Crippen LogP contribution is 2.44. The van der Waals surface area contributed by atoms with Crippen LogP contribution >= 0.6 is 0 Å². The zero-order chi connectivity index (χ0) is 39.0. The van der Waals surface area contributed by atoms with Crippen molar-refractivity contribution in [3.8, 4) is 0 Å². The number of nitrogens with zero attached hydrogens (tertiary/aromatic N) is 3. The molecule has 1 amide bonds. The average Bonchev–Trinajstić information content (AvgIpc) is 3.31. The van der Waals surface area contributed by atoms with E-state index in [1.165, 1.54) is 0 Å². The van der Waals surface area contributed by atoms with Gasteiger partial charge in [-0.1, -0.05) is 27.7 Å². The Balaban J connectivity index is 2.17. The highest BCUT2D eigenvalue weighted by Gasteiger charge is 2.61. The van der Waals surface area contributed by atoms with E-state index in [4.69, 9.17) is 28.4 Å². The Morgan fingerprint density at radius 2 is 1.61 bits per heavy atom. The van der Waals surface area contributed by atoms with Gasteiger partial charge in [-0.15, -0.1) is 0 Å². The van der Waals surface area contributed by atoms with Gasteiger partial charge in [0.25, 0.3) is 0 Å². The van der Waals surface area contributed by atoms with E-state index in [0.717, 1.165) is 6.42 Å². The second-order valence-corrected chi connectivity index (χ2v) is 17.0. The Kier molecular flexibility index (Phi) is 14.2. The number of methoxy groups -OCH3 is 2. The van der Waals surface area contributed by atoms with Crippen LogP contribution in [-0.2, 0) is 38.0 Å². The summed E-state index contributed by atoms with van der Waals surface area (Å²) >= 11 is 0. The van der Waals surface area contributed by atoms with E-state index >= 15 is 0 Å². The standard InChI is InChI=1S/C38H69N3O10/c1-17-27-38(10)31(41(35(45)51-38)20-36(7,8)40(13)14)23(4)28(42)21(2)19-37(9,47-16)32(24(5)29(43)25(6)33(44)49-27)50-34-30(46-15)26(39(11)12)18-22(3)48-34/h21-27,29-32,34,43H,17-20H2,1-16H3. The molecule has 0 aromatic rings. The lowest BCUT2D eigenvalue weighted by atomic mass is 9.73. The Bertz CT molecular complexity index is 1220. The monoisotopic (exact) mass is 727 g/mol. The van der Waals surface area contributed by atoms with E-state index in [1.54, 1.807) is 33.0 Å². The number of esters is 1. The number of rotatable bonds is 9. The fourth-order valence-corrected chi connectivity index (χ4v) is 8.60. The molecular formula is C38H69N3O10. The van der Waals surface area contributed by atoms with Gasteiger partial charge in [0.05, 0.1) is 35.9 Å². The minimum absolute atomic E-state index is 0.0106. The van der Waals surface area contributed by atoms with Crippen LogP contribution in [0, 0.1) is 23.7 Å². The van der Waals surface area contributed by atoms with Crippen molar-refractivity contribution in [2.45, 2.75) is 154 Å². The number of cyclic esters (lactones) is 1. The molecule has 0 aromatic heterocycles. The van der Waals surface area contributed by atoms with Crippen molar-refractivity contribution >= 4 is 17.8 Å². The highest BCUT2D eigenvalue weighted by atomic mass is 16.7. The van der Waals surface area contributed by atoms with E-state index in [-0.39, 0.29) is 30.9 Å². The van der Waals surface area contributed by atoms with E-state index in [0.29, 0.717) is 6.42 Å². The largest absolute Gasteiger partial charge is 0.458 e. The number of hydrogen-bond acceptors (Lipinski definition) is 12. The van der Waals surface area contributed by atoms with Gasteiger partial charge in [-0.05, 0) is 89.0 Å². The van der Waals surface area contributed by atoms with Crippen molar-refractivity contribution in [3.63, 3.8) is 0 Å². The number of hydrogen-bond donors (Lipinski definition) is 1. The van der Waals surface area contributed by atoms with Crippen LogP contribution in [0.3, 0.4) is 0 Å². The molecule has 296 valence electrons. The van der Waals surface area contributed by atoms with Gasteiger partial charge in [0, 0.05) is 50.1 Å². The first-order valence-electron chi connectivity index (χ1n) is 18.7. The molecule has 0 saturated carbocycles. The summed E-state index contributed by atoms with van der Waals surface area (Å²) in [6.45, 7) is 18.9. The molecule has 0 spiro atoms. The van der Waals surface area contributed by atoms with Gasteiger partial charge < -0.3 is 43.3 Å². The van der Waals surface area contributed by atoms with Gasteiger partial charge in [-0.2, -0.15) is 0 Å². The average molecular weight is 728 g/mol. The minimum Gasteiger partial charge on any atom is -0.458 e. The summed E-state index contributed by atoms with van der Waals surface area (Å²) in [5.74, 6) is -3.67. The van der Waals surface area contributed by atoms with Crippen LogP contribution < -0.4 is 0 Å². The number of carbonyl (C=O) groups is 3. The Morgan fingerprint density at radius 3 is 2.12 bits per heavy atom. The number of Topliss-reactive ketones (excluding diaryl/α,β-unsaturated/α-hetero) is 1. The van der Waals surface area contributed by atoms with Crippen molar-refractivity contribution < 1.29 is 47.9 Å². The summed E-state index contributed by atoms with van der Waals surface area (Å²) in [6, 6.07) is -0.758. The summed E-state index contributed by atoms with van der Waals surface area (Å²) in [6.07, 6.45) is -3.69. The van der Waals surface area contributed by atoms with Crippen LogP contribution in [0.15, 0.2) is 0 Å². The maximum atomic E-state index is 14.7. The number of likely N-dealkylation sites (N-methyl/N-ethyl adjacent to an activating group) is 2. The number of amides is 1. The molecule has 14 unspecified atom stereocenters. The number of ketones is 1. The SMILES string of the molecule is CCC1OC(=O)C(C)C(O)C(C)C(OC2OC(C)CC(N(C)C)C2OC)C(C)(OC)CC(C)C(=O)C(C)C2N(CC(C)(C)N(C)C)C(=O)OC12C. The molecule has 0 bridgehead atoms. The molecule has 3 saturated heterocycles. The Hall–Kier alpha value is -1.87. The topological polar surface area (TPSA) is 137 Å². The molecule has 3 fully saturated rings. The molecule has 0 aliphatic carbocycles. The molecule has 3 aliphatic rings. The number of aliphatic hydroxyl groups excluding tert-OH is 1. The molecule has 0 aromatic carbocycles. The molecule has 3 aliphatic heterocycles. The van der Waals surface area contributed by atoms with E-state index in [2.05, 4.69) is 4.90 Å². The lowest BCUT2D eigenvalue weighted by Crippen LogP contribution is -2.61. The summed E-state index contributed by atoms with van der Waals surface area (Å²) in [7, 11) is 11.0. The summed E-state index contributed by atoms with van der Waals surface area (Å²) in [4.78, 5) is 48.1. The molecular weight excluding hydrogens is 658 g/mol. The highest BCUT2D eigenvalue weighted by molar-refractivity contribution is 5.85. The fraction of sp³-hybridized carbons (Fsp3) is 0.921. The lowest BCUT2D eigenvalue weighted by Gasteiger charge is -2.49. The van der Waals surface area contributed by atoms with Crippen LogP contribution in [0.1, 0.15) is 88.5 Å². The number of fused-ring (bicyclic) bond motifs is 1. The van der Waals surface area contributed by atoms with Crippen LogP contribution in [0.5, 0.6) is 0 Å². The summed E-state index contributed by atoms with van der Waals surface area (Å²) in [5, 5.41) is 11.9. The molecule has 3 heterocycles. The van der Waals surface area contributed by atoms with E-state index < -0.39 is 89.2 Å². The first-order chi connectivity index (χ1) is 23.5. The van der Waals surface area contributed by atoms with E-state index in [9.17, 15) is 19.5 Å². The molecule has 51 heavy (non-hydrogen) atoms. The zero-order valence-corrected chi connectivity index (χ0v) is 34.2. The molecule has 13 heteroatoms. The predicted molar refractivity (Wildman–Crippen MR) is 193 cm³/mol. The van der Waals surface area contributed by atoms with Gasteiger partial charge in [0.15, 0.2) is 11.9 Å². The number of carbonyl (C=O) groups excluding carboxylic acids is 3. The maximum absolute atomic E-state index is 14.7. The molecule has 3 rings (SSSR count). The van der Waals surface area contributed by atoms with Crippen molar-refractivity contribution in [2.24, 2.45) is 23.7 Å². The molecule has 14 atom stereocenters. The maximum Gasteiger partial charge on any atom is 0.411 e. The normalized spacial score (nSPS) is 42.1. The Labute approximate surface area is 306 Å². The van der Waals surface area contributed by atoms with Crippen LogP contribution in [0.2, 0.25) is 0 Å². The quantitative estimate of drug-likeness (QED) is 0.344. The minimum atomic E-state index is -1.34. The van der Waals surface area contributed by atoms with Gasteiger partial charge >= 0.3 is 12.1 Å². The third-order valence-corrected chi connectivity index (χ3v) is 12.4. The second-order valence-electron chi connectivity index (χ2n) is 17.0. The third kappa shape index (κ3) is 8.76. The second kappa shape index (κ2) is 16.7. The smallest absolute Gasteiger partial charge is 0.411 e. The van der Waals surface area contributed by atoms with Crippen molar-refractivity contribution in [1.82, 2.24) is 14.7 Å². The van der Waals surface area contributed by atoms with Crippen LogP contribution in [0.25, 0.3) is 0 Å². The van der Waals surface area contributed by atoms with Gasteiger partial charge in [0.2, 0.25) is 0 Å². The lowest BCUT2D eigenvalue weighted by molar-refractivity contribution is -0.305. The number of aliphatic hydroxyl groups is 1. The van der Waals surface area contributed by atoms with Gasteiger partial charge in [-0.25, -0.2) is 4.79 Å². The predicted octanol–water partition coefficient (Wildman–Crippen LogP) is 3.98. The first kappa shape index (κ1) is 43.5. The van der Waals surface area contributed by atoms with E-state index in [1.807, 2.05) is 88.5 Å². The fourth-order valence-electron chi connectivity index (χ4n) is 8.60.